The molecule has 2 atom stereocenters. The van der Waals surface area contributed by atoms with Crippen LogP contribution in [0.4, 0.5) is 0 Å². The Bertz CT molecular complexity index is 271. The average molecular weight is 226 g/mol. The van der Waals surface area contributed by atoms with Gasteiger partial charge in [-0.15, -0.1) is 0 Å². The SMILES string of the molecule is NCCCCCN1C(=O)C2CCC(O2)C1=O. The van der Waals surface area contributed by atoms with Crippen molar-refractivity contribution in [3.63, 3.8) is 0 Å². The maximum atomic E-state index is 11.8. The monoisotopic (exact) mass is 226 g/mol. The van der Waals surface area contributed by atoms with Crippen LogP contribution in [0.3, 0.4) is 0 Å². The third kappa shape index (κ3) is 2.10. The van der Waals surface area contributed by atoms with Crippen LogP contribution >= 0.6 is 0 Å². The van der Waals surface area contributed by atoms with E-state index < -0.39 is 0 Å². The zero-order chi connectivity index (χ0) is 11.5. The summed E-state index contributed by atoms with van der Waals surface area (Å²) in [4.78, 5) is 25.0. The number of unbranched alkanes of at least 4 members (excludes halogenated alkanes) is 2. The van der Waals surface area contributed by atoms with Crippen molar-refractivity contribution in [2.45, 2.75) is 44.3 Å². The zero-order valence-corrected chi connectivity index (χ0v) is 9.35. The van der Waals surface area contributed by atoms with Crippen molar-refractivity contribution in [2.75, 3.05) is 13.1 Å². The van der Waals surface area contributed by atoms with Crippen LogP contribution in [-0.4, -0.2) is 42.0 Å². The molecule has 0 saturated carbocycles. The number of hydrogen-bond acceptors (Lipinski definition) is 4. The van der Waals surface area contributed by atoms with Gasteiger partial charge < -0.3 is 10.5 Å². The van der Waals surface area contributed by atoms with Crippen LogP contribution in [0.1, 0.15) is 32.1 Å². The van der Waals surface area contributed by atoms with Gasteiger partial charge in [-0.25, -0.2) is 0 Å². The van der Waals surface area contributed by atoms with E-state index in [1.54, 1.807) is 0 Å². The largest absolute Gasteiger partial charge is 0.355 e. The number of nitrogens with two attached hydrogens (primary N) is 1. The fourth-order valence-corrected chi connectivity index (χ4v) is 2.27. The predicted molar refractivity (Wildman–Crippen MR) is 57.5 cm³/mol. The van der Waals surface area contributed by atoms with Crippen molar-refractivity contribution in [3.8, 4) is 0 Å². The average Bonchev–Trinajstić information content (AvgIpc) is 2.72. The van der Waals surface area contributed by atoms with Crippen LogP contribution in [0.2, 0.25) is 0 Å². The minimum absolute atomic E-state index is 0.147. The molecule has 0 aromatic rings. The molecule has 5 heteroatoms. The number of carbonyl (C=O) groups excluding carboxylic acids is 2. The Labute approximate surface area is 94.9 Å². The van der Waals surface area contributed by atoms with E-state index >= 15 is 0 Å². The number of likely N-dealkylation sites (tertiary alicyclic amines) is 1. The van der Waals surface area contributed by atoms with Crippen LogP contribution in [0.5, 0.6) is 0 Å². The van der Waals surface area contributed by atoms with Crippen LogP contribution in [0, 0.1) is 0 Å². The molecule has 2 amide bonds. The van der Waals surface area contributed by atoms with Gasteiger partial charge in [-0.1, -0.05) is 6.42 Å². The first-order valence-corrected chi connectivity index (χ1v) is 5.95. The highest BCUT2D eigenvalue weighted by atomic mass is 16.5. The molecular formula is C11H18N2O3. The van der Waals surface area contributed by atoms with Gasteiger partial charge in [0.05, 0.1) is 0 Å². The summed E-state index contributed by atoms with van der Waals surface area (Å²) < 4.78 is 5.32. The quantitative estimate of drug-likeness (QED) is 0.530. The number of amides is 2. The summed E-state index contributed by atoms with van der Waals surface area (Å²) in [5.41, 5.74) is 5.39. The summed E-state index contributed by atoms with van der Waals surface area (Å²) >= 11 is 0. The Balaban J connectivity index is 1.88. The van der Waals surface area contributed by atoms with Gasteiger partial charge in [-0.2, -0.15) is 0 Å². The summed E-state index contributed by atoms with van der Waals surface area (Å²) in [5.74, 6) is -0.294. The summed E-state index contributed by atoms with van der Waals surface area (Å²) in [7, 11) is 0. The Morgan fingerprint density at radius 1 is 1.12 bits per heavy atom. The van der Waals surface area contributed by atoms with Crippen molar-refractivity contribution < 1.29 is 14.3 Å². The molecule has 2 rings (SSSR count). The molecule has 0 aromatic carbocycles. The molecule has 5 nitrogen and oxygen atoms in total. The fraction of sp³-hybridized carbons (Fsp3) is 0.818. The van der Waals surface area contributed by atoms with Crippen molar-refractivity contribution >= 4 is 11.8 Å². The van der Waals surface area contributed by atoms with Gasteiger partial charge in [0.15, 0.2) is 0 Å². The molecule has 2 aliphatic heterocycles. The number of nitrogens with zero attached hydrogens (tertiary/aromatic N) is 1. The molecule has 2 aliphatic rings. The summed E-state index contributed by atoms with van der Waals surface area (Å²) in [6, 6.07) is 0. The molecule has 2 N–H and O–H groups in total. The predicted octanol–water partition coefficient (Wildman–Crippen LogP) is 0.0318. The van der Waals surface area contributed by atoms with E-state index in [1.807, 2.05) is 0 Å². The number of carbonyl (C=O) groups is 2. The maximum Gasteiger partial charge on any atom is 0.258 e. The fourth-order valence-electron chi connectivity index (χ4n) is 2.27. The maximum absolute atomic E-state index is 11.8. The Hall–Kier alpha value is -0.940. The third-order valence-electron chi connectivity index (χ3n) is 3.19. The molecule has 0 aromatic heterocycles. The molecule has 90 valence electrons. The lowest BCUT2D eigenvalue weighted by atomic mass is 10.2. The van der Waals surface area contributed by atoms with Crippen molar-refractivity contribution in [3.05, 3.63) is 0 Å². The zero-order valence-electron chi connectivity index (χ0n) is 9.35. The van der Waals surface area contributed by atoms with Gasteiger partial charge in [-0.05, 0) is 32.2 Å². The lowest BCUT2D eigenvalue weighted by molar-refractivity contribution is -0.168. The van der Waals surface area contributed by atoms with Crippen LogP contribution < -0.4 is 5.73 Å². The summed E-state index contributed by atoms with van der Waals surface area (Å²) in [5, 5.41) is 0. The van der Waals surface area contributed by atoms with E-state index in [0.717, 1.165) is 19.3 Å². The second-order valence-electron chi connectivity index (χ2n) is 4.37. The van der Waals surface area contributed by atoms with E-state index in [1.165, 1.54) is 4.90 Å². The molecule has 0 aliphatic carbocycles. The van der Waals surface area contributed by atoms with Gasteiger partial charge in [0.2, 0.25) is 0 Å². The summed E-state index contributed by atoms with van der Waals surface area (Å²) in [6.45, 7) is 1.18. The third-order valence-corrected chi connectivity index (χ3v) is 3.19. The van der Waals surface area contributed by atoms with Crippen LogP contribution in [0.25, 0.3) is 0 Å². The topological polar surface area (TPSA) is 72.6 Å². The van der Waals surface area contributed by atoms with Gasteiger partial charge in [-0.3, -0.25) is 14.5 Å². The highest BCUT2D eigenvalue weighted by molar-refractivity contribution is 6.02. The first kappa shape index (κ1) is 11.5. The first-order valence-electron chi connectivity index (χ1n) is 5.95. The summed E-state index contributed by atoms with van der Waals surface area (Å²) in [6.07, 6.45) is 3.40. The van der Waals surface area contributed by atoms with E-state index in [2.05, 4.69) is 0 Å². The molecule has 16 heavy (non-hydrogen) atoms. The Morgan fingerprint density at radius 2 is 1.75 bits per heavy atom. The number of imide groups is 1. The standard InChI is InChI=1S/C11H18N2O3/c12-6-2-1-3-7-13-10(14)8-4-5-9(16-8)11(13)15/h8-9H,1-7,12H2. The molecular weight excluding hydrogens is 208 g/mol. The van der Waals surface area contributed by atoms with E-state index in [9.17, 15) is 9.59 Å². The van der Waals surface area contributed by atoms with Crippen molar-refractivity contribution in [1.29, 1.82) is 0 Å². The lowest BCUT2D eigenvalue weighted by Crippen LogP contribution is -2.51. The highest BCUT2D eigenvalue weighted by Crippen LogP contribution is 2.28. The van der Waals surface area contributed by atoms with Crippen LogP contribution in [0.15, 0.2) is 0 Å². The number of ether oxygens (including phenoxy) is 1. The molecule has 2 bridgehead atoms. The molecule has 2 heterocycles. The van der Waals surface area contributed by atoms with Gasteiger partial charge in [0.25, 0.3) is 11.8 Å². The number of rotatable bonds is 5. The van der Waals surface area contributed by atoms with Gasteiger partial charge in [0, 0.05) is 6.54 Å². The normalized spacial score (nSPS) is 28.9. The van der Waals surface area contributed by atoms with Gasteiger partial charge in [0.1, 0.15) is 12.2 Å². The molecule has 2 fully saturated rings. The van der Waals surface area contributed by atoms with E-state index in [-0.39, 0.29) is 24.0 Å². The number of hydrogen-bond donors (Lipinski definition) is 1. The van der Waals surface area contributed by atoms with E-state index in [0.29, 0.717) is 25.9 Å². The molecule has 2 unspecified atom stereocenters. The number of fused-ring (bicyclic) bond motifs is 2. The van der Waals surface area contributed by atoms with Crippen LogP contribution in [-0.2, 0) is 14.3 Å². The van der Waals surface area contributed by atoms with Crippen molar-refractivity contribution in [1.82, 2.24) is 4.90 Å². The van der Waals surface area contributed by atoms with Gasteiger partial charge >= 0.3 is 0 Å². The smallest absolute Gasteiger partial charge is 0.258 e. The van der Waals surface area contributed by atoms with E-state index in [4.69, 9.17) is 10.5 Å². The Morgan fingerprint density at radius 3 is 2.31 bits per heavy atom. The minimum Gasteiger partial charge on any atom is -0.355 e. The molecule has 0 spiro atoms. The minimum atomic E-state index is -0.364. The highest BCUT2D eigenvalue weighted by Gasteiger charge is 2.45. The lowest BCUT2D eigenvalue weighted by Gasteiger charge is -2.29. The van der Waals surface area contributed by atoms with Crippen molar-refractivity contribution in [2.24, 2.45) is 5.73 Å². The second-order valence-corrected chi connectivity index (χ2v) is 4.37. The second kappa shape index (κ2) is 4.93. The number of morpholine rings is 1. The Kier molecular flexibility index (Phi) is 3.56. The molecule has 2 saturated heterocycles. The first-order chi connectivity index (χ1) is 7.74. The molecule has 0 radical (unpaired) electrons.